The third-order valence-corrected chi connectivity index (χ3v) is 4.85. The molecule has 1 aromatic carbocycles. The van der Waals surface area contributed by atoms with Gasteiger partial charge in [0.25, 0.3) is 0 Å². The molecule has 1 nitrogen and oxygen atoms in total. The summed E-state index contributed by atoms with van der Waals surface area (Å²) in [6.45, 7) is 6.38. The quantitative estimate of drug-likeness (QED) is 0.443. The Bertz CT molecular complexity index is 477. The zero-order valence-electron chi connectivity index (χ0n) is 12.0. The first-order chi connectivity index (χ1) is 9.16. The van der Waals surface area contributed by atoms with E-state index < -0.39 is 0 Å². The van der Waals surface area contributed by atoms with Crippen LogP contribution in [0.25, 0.3) is 0 Å². The van der Waals surface area contributed by atoms with Crippen molar-refractivity contribution in [2.75, 3.05) is 6.16 Å². The minimum atomic E-state index is -0.0840. The zero-order valence-corrected chi connectivity index (χ0v) is 15.4. The molecule has 0 heterocycles. The molecule has 0 radical (unpaired) electrons. The maximum Gasteiger partial charge on any atom is 0.166 e. The topological polar surface area (TPSA) is 17.1 Å². The van der Waals surface area contributed by atoms with Gasteiger partial charge >= 0.3 is 0 Å². The lowest BCUT2D eigenvalue weighted by Gasteiger charge is -2.27. The van der Waals surface area contributed by atoms with Crippen molar-refractivity contribution in [2.24, 2.45) is 11.3 Å². The Morgan fingerprint density at radius 3 is 2.20 bits per heavy atom. The molecule has 0 aliphatic heterocycles. The molecule has 0 aliphatic carbocycles. The van der Waals surface area contributed by atoms with E-state index in [9.17, 15) is 4.79 Å². The Morgan fingerprint density at radius 2 is 1.75 bits per heavy atom. The average molecular weight is 354 g/mol. The monoisotopic (exact) mass is 352 g/mol. The van der Waals surface area contributed by atoms with Crippen LogP contribution in [0.4, 0.5) is 0 Å². The minimum absolute atomic E-state index is 0.0300. The number of halogens is 3. The highest BCUT2D eigenvalue weighted by Gasteiger charge is 2.27. The summed E-state index contributed by atoms with van der Waals surface area (Å²) in [5.41, 5.74) is 0.295. The van der Waals surface area contributed by atoms with Gasteiger partial charge in [-0.15, -0.1) is 9.24 Å². The molecule has 0 fully saturated rings. The lowest BCUT2D eigenvalue weighted by atomic mass is 9.79. The molecule has 1 rings (SSSR count). The summed E-state index contributed by atoms with van der Waals surface area (Å²) in [7, 11) is 2.74. The molecule has 2 unspecified atom stereocenters. The van der Waals surface area contributed by atoms with E-state index in [-0.39, 0.29) is 11.2 Å². The van der Waals surface area contributed by atoms with Crippen LogP contribution in [0.1, 0.15) is 44.0 Å². The third kappa shape index (κ3) is 5.19. The number of carbonyl (C=O) groups excluding carboxylic acids is 1. The van der Waals surface area contributed by atoms with Gasteiger partial charge in [0, 0.05) is 11.4 Å². The van der Waals surface area contributed by atoms with Crippen molar-refractivity contribution in [1.82, 2.24) is 0 Å². The second kappa shape index (κ2) is 7.45. The van der Waals surface area contributed by atoms with Crippen molar-refractivity contribution in [3.8, 4) is 0 Å². The first-order valence-corrected chi connectivity index (χ1v) is 8.49. The molecule has 5 heteroatoms. The summed E-state index contributed by atoms with van der Waals surface area (Å²) < 4.78 is 0. The summed E-state index contributed by atoms with van der Waals surface area (Å²) in [5, 5.41) is 1.08. The van der Waals surface area contributed by atoms with Crippen molar-refractivity contribution < 1.29 is 4.79 Å². The van der Waals surface area contributed by atoms with Crippen molar-refractivity contribution in [3.63, 3.8) is 0 Å². The van der Waals surface area contributed by atoms with Crippen LogP contribution in [0.5, 0.6) is 0 Å². The molecule has 2 atom stereocenters. The van der Waals surface area contributed by atoms with E-state index >= 15 is 0 Å². The first kappa shape index (κ1) is 18.2. The number of Topliss-reactive ketones (excluding diaryl/α,β-unsaturated/α-hetero) is 1. The van der Waals surface area contributed by atoms with E-state index in [0.29, 0.717) is 33.0 Å². The lowest BCUT2D eigenvalue weighted by molar-refractivity contribution is 0.0918. The summed E-state index contributed by atoms with van der Waals surface area (Å²) in [5.74, 6) is 0.525. The fourth-order valence-corrected chi connectivity index (χ4v) is 3.62. The summed E-state index contributed by atoms with van der Waals surface area (Å²) in [6, 6.07) is 3.11. The number of benzene rings is 1. The van der Waals surface area contributed by atoms with Crippen LogP contribution in [0, 0.1) is 11.3 Å². The zero-order chi connectivity index (χ0) is 15.5. The molecule has 0 aliphatic rings. The minimum Gasteiger partial charge on any atom is -0.294 e. The van der Waals surface area contributed by atoms with Gasteiger partial charge in [-0.1, -0.05) is 55.6 Å². The van der Waals surface area contributed by atoms with E-state index in [1.54, 1.807) is 12.1 Å². The van der Waals surface area contributed by atoms with Gasteiger partial charge in [-0.05, 0) is 36.0 Å². The molecular weight excluding hydrogens is 333 g/mol. The maximum atomic E-state index is 12.5. The summed E-state index contributed by atoms with van der Waals surface area (Å²) in [4.78, 5) is 12.5. The van der Waals surface area contributed by atoms with Gasteiger partial charge in [-0.25, -0.2) is 0 Å². The van der Waals surface area contributed by atoms with Gasteiger partial charge in [0.05, 0.1) is 15.6 Å². The van der Waals surface area contributed by atoms with Crippen LogP contribution in [0.15, 0.2) is 12.1 Å². The number of rotatable bonds is 6. The molecule has 0 amide bonds. The number of hydrogen-bond donors (Lipinski definition) is 0. The first-order valence-electron chi connectivity index (χ1n) is 6.54. The Kier molecular flexibility index (Phi) is 6.80. The highest BCUT2D eigenvalue weighted by Crippen LogP contribution is 2.35. The standard InChI is InChI=1S/C15H20Cl3OP/c1-9(8-20)6-15(2,3)7-13(19)14-11(17)4-10(16)5-12(14)18/h4-5,9H,6-8,20H2,1-3H3. The van der Waals surface area contributed by atoms with E-state index in [4.69, 9.17) is 34.8 Å². The van der Waals surface area contributed by atoms with Crippen LogP contribution in [-0.4, -0.2) is 11.9 Å². The maximum absolute atomic E-state index is 12.5. The molecule has 0 N–H and O–H groups in total. The Morgan fingerprint density at radius 1 is 1.25 bits per heavy atom. The number of carbonyl (C=O) groups is 1. The smallest absolute Gasteiger partial charge is 0.166 e. The van der Waals surface area contributed by atoms with Gasteiger partial charge in [0.1, 0.15) is 0 Å². The molecule has 0 saturated heterocycles. The molecule has 1 aromatic rings. The molecule has 0 bridgehead atoms. The van der Waals surface area contributed by atoms with Crippen LogP contribution in [0.2, 0.25) is 15.1 Å². The lowest BCUT2D eigenvalue weighted by Crippen LogP contribution is -2.21. The van der Waals surface area contributed by atoms with E-state index in [1.165, 1.54) is 0 Å². The Balaban J connectivity index is 2.92. The summed E-state index contributed by atoms with van der Waals surface area (Å²) >= 11 is 18.1. The van der Waals surface area contributed by atoms with E-state index in [1.807, 2.05) is 0 Å². The van der Waals surface area contributed by atoms with Gasteiger partial charge in [-0.2, -0.15) is 0 Å². The van der Waals surface area contributed by atoms with Gasteiger partial charge in [-0.3, -0.25) is 4.79 Å². The Hall–Kier alpha value is 0.190. The average Bonchev–Trinajstić information content (AvgIpc) is 2.25. The SMILES string of the molecule is CC(CP)CC(C)(C)CC(=O)c1c(Cl)cc(Cl)cc1Cl. The predicted molar refractivity (Wildman–Crippen MR) is 92.6 cm³/mol. The Labute approximate surface area is 138 Å². The number of hydrogen-bond acceptors (Lipinski definition) is 1. The highest BCUT2D eigenvalue weighted by molar-refractivity contribution is 7.16. The predicted octanol–water partition coefficient (Wildman–Crippen LogP) is 6.15. The van der Waals surface area contributed by atoms with Crippen LogP contribution in [-0.2, 0) is 0 Å². The van der Waals surface area contributed by atoms with Gasteiger partial charge < -0.3 is 0 Å². The van der Waals surface area contributed by atoms with Crippen molar-refractivity contribution in [2.45, 2.75) is 33.6 Å². The van der Waals surface area contributed by atoms with Crippen LogP contribution >= 0.6 is 44.0 Å². The van der Waals surface area contributed by atoms with E-state index in [0.717, 1.165) is 12.6 Å². The van der Waals surface area contributed by atoms with Crippen LogP contribution in [0.3, 0.4) is 0 Å². The molecule has 20 heavy (non-hydrogen) atoms. The molecule has 112 valence electrons. The van der Waals surface area contributed by atoms with Crippen molar-refractivity contribution in [1.29, 1.82) is 0 Å². The second-order valence-electron chi connectivity index (χ2n) is 6.05. The second-order valence-corrected chi connectivity index (χ2v) is 7.78. The van der Waals surface area contributed by atoms with Crippen LogP contribution < -0.4 is 0 Å². The van der Waals surface area contributed by atoms with Gasteiger partial charge in [0.15, 0.2) is 5.78 Å². The van der Waals surface area contributed by atoms with Gasteiger partial charge in [0.2, 0.25) is 0 Å². The number of ketones is 1. The summed E-state index contributed by atoms with van der Waals surface area (Å²) in [6.07, 6.45) is 2.42. The highest BCUT2D eigenvalue weighted by atomic mass is 35.5. The largest absolute Gasteiger partial charge is 0.294 e. The normalized spacial score (nSPS) is 13.3. The van der Waals surface area contributed by atoms with Crippen molar-refractivity contribution >= 4 is 49.8 Å². The molecule has 0 spiro atoms. The van der Waals surface area contributed by atoms with Crippen molar-refractivity contribution in [3.05, 3.63) is 32.8 Å². The fourth-order valence-electron chi connectivity index (χ4n) is 2.43. The third-order valence-electron chi connectivity index (χ3n) is 3.23. The molecule has 0 saturated carbocycles. The molecular formula is C15H20Cl3OP. The fraction of sp³-hybridized carbons (Fsp3) is 0.533. The van der Waals surface area contributed by atoms with E-state index in [2.05, 4.69) is 30.0 Å². The molecule has 0 aromatic heterocycles.